The fourth-order valence-corrected chi connectivity index (χ4v) is 2.59. The molecule has 7 nitrogen and oxygen atoms in total. The minimum absolute atomic E-state index is 0.0625. The molecule has 0 atom stereocenters. The normalized spacial score (nSPS) is 10.4. The number of nitrogens with zero attached hydrogens (tertiary/aromatic N) is 3. The number of carbonyl (C=O) groups is 1. The van der Waals surface area contributed by atoms with Gasteiger partial charge in [0.15, 0.2) is 5.82 Å². The van der Waals surface area contributed by atoms with E-state index in [1.54, 1.807) is 31.5 Å². The fraction of sp³-hybridized carbons (Fsp3) is 0.150. The molecule has 0 radical (unpaired) electrons. The van der Waals surface area contributed by atoms with E-state index in [1.807, 2.05) is 30.3 Å². The van der Waals surface area contributed by atoms with Gasteiger partial charge in [-0.25, -0.2) is 9.97 Å². The van der Waals surface area contributed by atoms with Gasteiger partial charge in [-0.3, -0.25) is 14.9 Å². The van der Waals surface area contributed by atoms with Gasteiger partial charge in [-0.05, 0) is 25.0 Å². The summed E-state index contributed by atoms with van der Waals surface area (Å²) in [7, 11) is 0. The van der Waals surface area contributed by atoms with Crippen molar-refractivity contribution in [3.63, 3.8) is 0 Å². The van der Waals surface area contributed by atoms with Crippen molar-refractivity contribution in [3.8, 4) is 11.4 Å². The second-order valence-electron chi connectivity index (χ2n) is 6.05. The molecule has 3 aromatic rings. The lowest BCUT2D eigenvalue weighted by Gasteiger charge is -2.06. The van der Waals surface area contributed by atoms with E-state index in [0.29, 0.717) is 24.4 Å². The summed E-state index contributed by atoms with van der Waals surface area (Å²) in [4.78, 5) is 31.4. The van der Waals surface area contributed by atoms with E-state index >= 15 is 0 Å². The Kier molecular flexibility index (Phi) is 5.51. The molecule has 0 saturated carbocycles. The number of hydrogen-bond acceptors (Lipinski definition) is 5. The summed E-state index contributed by atoms with van der Waals surface area (Å²) in [5, 5.41) is 13.7. The van der Waals surface area contributed by atoms with Crippen LogP contribution in [0.2, 0.25) is 0 Å². The van der Waals surface area contributed by atoms with Crippen LogP contribution in [0.25, 0.3) is 11.4 Å². The van der Waals surface area contributed by atoms with Crippen molar-refractivity contribution >= 4 is 11.6 Å². The van der Waals surface area contributed by atoms with E-state index in [2.05, 4.69) is 15.3 Å². The Bertz CT molecular complexity index is 957. The molecule has 0 spiro atoms. The number of rotatable bonds is 6. The molecule has 0 saturated heterocycles. The van der Waals surface area contributed by atoms with Gasteiger partial charge in [-0.1, -0.05) is 36.4 Å². The molecule has 0 fully saturated rings. The first-order valence-electron chi connectivity index (χ1n) is 8.44. The Morgan fingerprint density at radius 2 is 1.81 bits per heavy atom. The van der Waals surface area contributed by atoms with Gasteiger partial charge in [-0.15, -0.1) is 0 Å². The lowest BCUT2D eigenvalue weighted by molar-refractivity contribution is -0.385. The number of nitro benzene ring substituents is 1. The van der Waals surface area contributed by atoms with Crippen molar-refractivity contribution in [3.05, 3.63) is 87.7 Å². The molecule has 7 heteroatoms. The molecule has 0 unspecified atom stereocenters. The Hall–Kier alpha value is -3.61. The molecule has 3 rings (SSSR count). The van der Waals surface area contributed by atoms with Crippen molar-refractivity contribution < 1.29 is 9.72 Å². The third kappa shape index (κ3) is 4.52. The van der Waals surface area contributed by atoms with E-state index in [1.165, 1.54) is 6.07 Å². The maximum absolute atomic E-state index is 12.2. The lowest BCUT2D eigenvalue weighted by atomic mass is 10.1. The Morgan fingerprint density at radius 1 is 1.11 bits per heavy atom. The molecule has 1 heterocycles. The number of hydrogen-bond donors (Lipinski definition) is 1. The van der Waals surface area contributed by atoms with Crippen molar-refractivity contribution in [1.29, 1.82) is 0 Å². The second-order valence-corrected chi connectivity index (χ2v) is 6.05. The minimum Gasteiger partial charge on any atom is -0.352 e. The van der Waals surface area contributed by atoms with Crippen molar-refractivity contribution in [1.82, 2.24) is 15.3 Å². The van der Waals surface area contributed by atoms with Crippen LogP contribution in [-0.2, 0) is 6.42 Å². The summed E-state index contributed by atoms with van der Waals surface area (Å²) in [5.41, 5.74) is 2.56. The highest BCUT2D eigenvalue weighted by Crippen LogP contribution is 2.19. The zero-order valence-electron chi connectivity index (χ0n) is 14.8. The Labute approximate surface area is 156 Å². The molecule has 136 valence electrons. The van der Waals surface area contributed by atoms with E-state index in [4.69, 9.17) is 0 Å². The number of nitrogens with one attached hydrogen (secondary N) is 1. The summed E-state index contributed by atoms with van der Waals surface area (Å²) in [6, 6.07) is 14.1. The van der Waals surface area contributed by atoms with Crippen LogP contribution in [0, 0.1) is 17.0 Å². The van der Waals surface area contributed by atoms with Gasteiger partial charge >= 0.3 is 0 Å². The predicted molar refractivity (Wildman–Crippen MR) is 101 cm³/mol. The summed E-state index contributed by atoms with van der Waals surface area (Å²) in [5.74, 6) is 0.301. The first-order valence-corrected chi connectivity index (χ1v) is 8.44. The topological polar surface area (TPSA) is 98.0 Å². The standard InChI is InChI=1S/C20H18N4O3/c1-14-7-8-17(11-18(14)24(26)27)20(25)21-10-9-15-12-22-19(23-13-15)16-5-3-2-4-6-16/h2-8,11-13H,9-10H2,1H3,(H,21,25). The van der Waals surface area contributed by atoms with Gasteiger partial charge in [0.25, 0.3) is 11.6 Å². The SMILES string of the molecule is Cc1ccc(C(=O)NCCc2cnc(-c3ccccc3)nc2)cc1[N+](=O)[O-]. The third-order valence-electron chi connectivity index (χ3n) is 4.10. The summed E-state index contributed by atoms with van der Waals surface area (Å²) in [6.45, 7) is 2.02. The van der Waals surface area contributed by atoms with Crippen molar-refractivity contribution in [2.75, 3.05) is 6.54 Å². The Morgan fingerprint density at radius 3 is 2.48 bits per heavy atom. The first kappa shape index (κ1) is 18.2. The van der Waals surface area contributed by atoms with Crippen LogP contribution in [-0.4, -0.2) is 27.3 Å². The fourth-order valence-electron chi connectivity index (χ4n) is 2.59. The maximum atomic E-state index is 12.2. The molecule has 27 heavy (non-hydrogen) atoms. The van der Waals surface area contributed by atoms with E-state index in [-0.39, 0.29) is 17.2 Å². The van der Waals surface area contributed by atoms with Crippen LogP contribution >= 0.6 is 0 Å². The van der Waals surface area contributed by atoms with Crippen LogP contribution in [0.3, 0.4) is 0 Å². The molecule has 0 aliphatic carbocycles. The van der Waals surface area contributed by atoms with Gasteiger partial charge in [0.1, 0.15) is 0 Å². The zero-order chi connectivity index (χ0) is 19.2. The monoisotopic (exact) mass is 362 g/mol. The number of aryl methyl sites for hydroxylation is 1. The summed E-state index contributed by atoms with van der Waals surface area (Å²) in [6.07, 6.45) is 4.03. The highest BCUT2D eigenvalue weighted by atomic mass is 16.6. The average molecular weight is 362 g/mol. The highest BCUT2D eigenvalue weighted by Gasteiger charge is 2.14. The first-order chi connectivity index (χ1) is 13.0. The predicted octanol–water partition coefficient (Wildman–Crippen LogP) is 3.33. The number of benzene rings is 2. The number of nitro groups is 1. The largest absolute Gasteiger partial charge is 0.352 e. The van der Waals surface area contributed by atoms with E-state index in [9.17, 15) is 14.9 Å². The van der Waals surface area contributed by atoms with Crippen molar-refractivity contribution in [2.24, 2.45) is 0 Å². The lowest BCUT2D eigenvalue weighted by Crippen LogP contribution is -2.25. The smallest absolute Gasteiger partial charge is 0.273 e. The maximum Gasteiger partial charge on any atom is 0.273 e. The zero-order valence-corrected chi connectivity index (χ0v) is 14.8. The second kappa shape index (κ2) is 8.18. The number of carbonyl (C=O) groups excluding carboxylic acids is 1. The molecule has 0 aliphatic rings. The van der Waals surface area contributed by atoms with Crippen molar-refractivity contribution in [2.45, 2.75) is 13.3 Å². The summed E-state index contributed by atoms with van der Waals surface area (Å²) < 4.78 is 0. The van der Waals surface area contributed by atoms with Gasteiger partial charge in [0.2, 0.25) is 0 Å². The molecular weight excluding hydrogens is 344 g/mol. The molecule has 0 aliphatic heterocycles. The van der Waals surface area contributed by atoms with Crippen LogP contribution in [0.15, 0.2) is 60.9 Å². The van der Waals surface area contributed by atoms with Crippen LogP contribution < -0.4 is 5.32 Å². The molecule has 1 aromatic heterocycles. The van der Waals surface area contributed by atoms with Crippen LogP contribution in [0.1, 0.15) is 21.5 Å². The van der Waals surface area contributed by atoms with Crippen LogP contribution in [0.4, 0.5) is 5.69 Å². The molecular formula is C20H18N4O3. The molecule has 2 aromatic carbocycles. The molecule has 1 N–H and O–H groups in total. The number of aromatic nitrogens is 2. The minimum atomic E-state index is -0.488. The van der Waals surface area contributed by atoms with E-state index in [0.717, 1.165) is 11.1 Å². The molecule has 1 amide bonds. The van der Waals surface area contributed by atoms with Crippen LogP contribution in [0.5, 0.6) is 0 Å². The van der Waals surface area contributed by atoms with Gasteiger partial charge in [0.05, 0.1) is 4.92 Å². The van der Waals surface area contributed by atoms with Gasteiger partial charge in [0, 0.05) is 41.7 Å². The third-order valence-corrected chi connectivity index (χ3v) is 4.10. The number of amides is 1. The molecule has 0 bridgehead atoms. The van der Waals surface area contributed by atoms with Gasteiger partial charge in [-0.2, -0.15) is 0 Å². The highest BCUT2D eigenvalue weighted by molar-refractivity contribution is 5.94. The van der Waals surface area contributed by atoms with E-state index < -0.39 is 4.92 Å². The Balaban J connectivity index is 1.57. The quantitative estimate of drug-likeness (QED) is 0.536. The van der Waals surface area contributed by atoms with Gasteiger partial charge < -0.3 is 5.32 Å². The average Bonchev–Trinajstić information content (AvgIpc) is 2.69. The summed E-state index contributed by atoms with van der Waals surface area (Å²) >= 11 is 0.